The average Bonchev–Trinajstić information content (AvgIpc) is 3.03. The minimum atomic E-state index is -0.544. The molecule has 0 saturated carbocycles. The van der Waals surface area contributed by atoms with E-state index in [-0.39, 0.29) is 29.5 Å². The van der Waals surface area contributed by atoms with Crippen molar-refractivity contribution in [3.8, 4) is 11.5 Å². The third-order valence-electron chi connectivity index (χ3n) is 11.9. The van der Waals surface area contributed by atoms with Gasteiger partial charge in [0, 0.05) is 5.41 Å². The van der Waals surface area contributed by atoms with E-state index in [1.165, 1.54) is 5.56 Å². The van der Waals surface area contributed by atoms with Crippen LogP contribution in [0.4, 0.5) is 0 Å². The summed E-state index contributed by atoms with van der Waals surface area (Å²) in [5.74, 6) is 1.62. The summed E-state index contributed by atoms with van der Waals surface area (Å²) in [6.07, 6.45) is 2.69. The van der Waals surface area contributed by atoms with Crippen molar-refractivity contribution in [2.24, 2.45) is 23.7 Å². The van der Waals surface area contributed by atoms with Crippen LogP contribution in [0.25, 0.3) is 0 Å². The molecule has 6 atom stereocenters. The predicted octanol–water partition coefficient (Wildman–Crippen LogP) is 9.81. The summed E-state index contributed by atoms with van der Waals surface area (Å²) in [4.78, 5) is 0. The molecule has 0 aliphatic carbocycles. The van der Waals surface area contributed by atoms with Crippen molar-refractivity contribution < 1.29 is 20.4 Å². The summed E-state index contributed by atoms with van der Waals surface area (Å²) in [7, 11) is 0. The maximum absolute atomic E-state index is 10.7. The van der Waals surface area contributed by atoms with E-state index in [2.05, 4.69) is 90.1 Å². The van der Waals surface area contributed by atoms with E-state index in [0.717, 1.165) is 64.6 Å². The molecule has 0 fully saturated rings. The van der Waals surface area contributed by atoms with Crippen molar-refractivity contribution in [1.29, 1.82) is 0 Å². The maximum Gasteiger partial charge on any atom is 0.121 e. The summed E-state index contributed by atoms with van der Waals surface area (Å²) in [5.41, 5.74) is 7.22. The van der Waals surface area contributed by atoms with Gasteiger partial charge in [0.15, 0.2) is 0 Å². The molecule has 6 unspecified atom stereocenters. The molecule has 46 heavy (non-hydrogen) atoms. The molecule has 0 spiro atoms. The Morgan fingerprint density at radius 3 is 1.15 bits per heavy atom. The number of phenolic OH excluding ortho intramolecular Hbond substituents is 2. The summed E-state index contributed by atoms with van der Waals surface area (Å²) < 4.78 is 0. The average molecular weight is 631 g/mol. The van der Waals surface area contributed by atoms with E-state index >= 15 is 0 Å². The van der Waals surface area contributed by atoms with Gasteiger partial charge in [-0.05, 0) is 134 Å². The zero-order chi connectivity index (χ0) is 34.7. The number of hydrogen-bond acceptors (Lipinski definition) is 4. The van der Waals surface area contributed by atoms with Crippen molar-refractivity contribution >= 4 is 0 Å². The van der Waals surface area contributed by atoms with Crippen molar-refractivity contribution in [1.82, 2.24) is 0 Å². The lowest BCUT2D eigenvalue weighted by Gasteiger charge is -2.44. The Morgan fingerprint density at radius 1 is 0.543 bits per heavy atom. The normalized spacial score (nSPS) is 17.5. The van der Waals surface area contributed by atoms with E-state index in [1.54, 1.807) is 0 Å². The monoisotopic (exact) mass is 630 g/mol. The molecule has 3 rings (SSSR count). The van der Waals surface area contributed by atoms with Gasteiger partial charge in [0.2, 0.25) is 0 Å². The van der Waals surface area contributed by atoms with Crippen LogP contribution in [0.15, 0.2) is 48.5 Å². The van der Waals surface area contributed by atoms with Gasteiger partial charge in [-0.25, -0.2) is 0 Å². The summed E-state index contributed by atoms with van der Waals surface area (Å²) in [5, 5.41) is 42.7. The summed E-state index contributed by atoms with van der Waals surface area (Å²) in [6.45, 7) is 25.5. The predicted molar refractivity (Wildman–Crippen MR) is 193 cm³/mol. The molecule has 0 heterocycles. The molecule has 4 N–H and O–H groups in total. The summed E-state index contributed by atoms with van der Waals surface area (Å²) >= 11 is 0. The Bertz CT molecular complexity index is 1330. The molecule has 0 saturated heterocycles. The van der Waals surface area contributed by atoms with E-state index in [1.807, 2.05) is 41.5 Å². The van der Waals surface area contributed by atoms with Gasteiger partial charge < -0.3 is 20.4 Å². The molecule has 254 valence electrons. The number of aryl methyl sites for hydroxylation is 4. The second-order valence-corrected chi connectivity index (χ2v) is 15.1. The first-order chi connectivity index (χ1) is 21.4. The van der Waals surface area contributed by atoms with E-state index in [9.17, 15) is 20.4 Å². The lowest BCUT2D eigenvalue weighted by molar-refractivity contribution is 0.0628. The zero-order valence-electron chi connectivity index (χ0n) is 30.7. The first kappa shape index (κ1) is 37.6. The number of aliphatic hydroxyl groups is 2. The second-order valence-electron chi connectivity index (χ2n) is 15.1. The zero-order valence-corrected chi connectivity index (χ0v) is 30.7. The number of aliphatic hydroxyl groups excluding tert-OH is 2. The van der Waals surface area contributed by atoms with Crippen molar-refractivity contribution in [3.63, 3.8) is 0 Å². The van der Waals surface area contributed by atoms with Crippen LogP contribution < -0.4 is 0 Å². The summed E-state index contributed by atoms with van der Waals surface area (Å²) in [6, 6.07) is 17.5. The molecular formula is C42H62O4. The van der Waals surface area contributed by atoms with Crippen LogP contribution >= 0.6 is 0 Å². The molecule has 0 bridgehead atoms. The first-order valence-corrected chi connectivity index (χ1v) is 17.5. The van der Waals surface area contributed by atoms with Crippen molar-refractivity contribution in [3.05, 3.63) is 93.0 Å². The van der Waals surface area contributed by atoms with Gasteiger partial charge in [-0.2, -0.15) is 0 Å². The van der Waals surface area contributed by atoms with Gasteiger partial charge in [-0.15, -0.1) is 0 Å². The standard InChI is InChI=1S/C42H62O4/c1-13-37(43)25(3)19-31(9)41(11,32(10)20-26(4)38(44)14-2)33-15-17-34(18-16-33)42(12,35-21-27(5)39(45)28(6)22-35)36-23-29(7)40(46)30(8)24-36/h15-18,21-26,31-32,37-38,43-46H,13-14,19-20H2,1-12H3. The molecule has 0 aliphatic heterocycles. The van der Waals surface area contributed by atoms with E-state index in [4.69, 9.17) is 0 Å². The smallest absolute Gasteiger partial charge is 0.121 e. The molecule has 4 heteroatoms. The third kappa shape index (κ3) is 7.34. The highest BCUT2D eigenvalue weighted by Gasteiger charge is 2.41. The molecule has 0 radical (unpaired) electrons. The molecule has 0 aromatic heterocycles. The highest BCUT2D eigenvalue weighted by molar-refractivity contribution is 5.57. The fourth-order valence-corrected chi connectivity index (χ4v) is 7.93. The molecular weight excluding hydrogens is 568 g/mol. The Morgan fingerprint density at radius 2 is 0.848 bits per heavy atom. The second kappa shape index (κ2) is 14.9. The van der Waals surface area contributed by atoms with Gasteiger partial charge in [0.25, 0.3) is 0 Å². The fourth-order valence-electron chi connectivity index (χ4n) is 7.93. The van der Waals surface area contributed by atoms with Crippen molar-refractivity contribution in [2.45, 2.75) is 132 Å². The molecule has 3 aromatic rings. The van der Waals surface area contributed by atoms with Crippen LogP contribution in [-0.2, 0) is 10.8 Å². The van der Waals surface area contributed by atoms with Gasteiger partial charge in [0.1, 0.15) is 11.5 Å². The van der Waals surface area contributed by atoms with Crippen LogP contribution in [0, 0.1) is 51.4 Å². The van der Waals surface area contributed by atoms with Crippen LogP contribution in [0.3, 0.4) is 0 Å². The van der Waals surface area contributed by atoms with Gasteiger partial charge >= 0.3 is 0 Å². The number of benzene rings is 3. The van der Waals surface area contributed by atoms with Crippen LogP contribution in [0.2, 0.25) is 0 Å². The lowest BCUT2D eigenvalue weighted by Crippen LogP contribution is -2.40. The van der Waals surface area contributed by atoms with Gasteiger partial charge in [-0.1, -0.05) is 97.0 Å². The van der Waals surface area contributed by atoms with Gasteiger partial charge in [0.05, 0.1) is 12.2 Å². The largest absolute Gasteiger partial charge is 0.507 e. The maximum atomic E-state index is 10.7. The number of aromatic hydroxyl groups is 2. The Kier molecular flexibility index (Phi) is 12.2. The molecule has 0 amide bonds. The molecule has 3 aromatic carbocycles. The van der Waals surface area contributed by atoms with Crippen LogP contribution in [0.1, 0.15) is 126 Å². The highest BCUT2D eigenvalue weighted by Crippen LogP contribution is 2.47. The van der Waals surface area contributed by atoms with Crippen molar-refractivity contribution in [2.75, 3.05) is 0 Å². The van der Waals surface area contributed by atoms with Gasteiger partial charge in [-0.3, -0.25) is 0 Å². The Hall–Kier alpha value is -2.82. The minimum Gasteiger partial charge on any atom is -0.507 e. The van der Waals surface area contributed by atoms with Crippen LogP contribution in [-0.4, -0.2) is 32.6 Å². The molecule has 4 nitrogen and oxygen atoms in total. The highest BCUT2D eigenvalue weighted by atomic mass is 16.3. The van der Waals surface area contributed by atoms with E-state index < -0.39 is 5.41 Å². The number of phenols is 2. The van der Waals surface area contributed by atoms with Crippen LogP contribution in [0.5, 0.6) is 11.5 Å². The third-order valence-corrected chi connectivity index (χ3v) is 11.9. The lowest BCUT2D eigenvalue weighted by atomic mass is 9.60. The molecule has 0 aliphatic rings. The number of rotatable bonds is 14. The van der Waals surface area contributed by atoms with E-state index in [0.29, 0.717) is 23.3 Å². The fraction of sp³-hybridized carbons (Fsp3) is 0.571. The Balaban J connectivity index is 2.22. The Labute approximate surface area is 279 Å². The first-order valence-electron chi connectivity index (χ1n) is 17.5. The topological polar surface area (TPSA) is 80.9 Å². The quantitative estimate of drug-likeness (QED) is 0.134. The SMILES string of the molecule is CCC(O)C(C)CC(C)C(C)(c1ccc(C(C)(c2cc(C)c(O)c(C)c2)c2cc(C)c(O)c(C)c2)cc1)C(C)CC(C)C(O)CC. The minimum absolute atomic E-state index is 0.185. The number of hydrogen-bond donors (Lipinski definition) is 4.